The molecule has 1 amide bonds. The average molecular weight is 365 g/mol. The minimum absolute atomic E-state index is 0.207. The lowest BCUT2D eigenvalue weighted by Gasteiger charge is -2.14. The quantitative estimate of drug-likeness (QED) is 0.752. The SMILES string of the molecule is COc1cccc(C(=O)Nc2ccccc2-c2ccc(=O)n(C)n2)c1OC. The molecule has 0 atom stereocenters. The molecular formula is C20H19N3O4. The second-order valence-electron chi connectivity index (χ2n) is 5.72. The number of aryl methyl sites for hydroxylation is 1. The van der Waals surface area contributed by atoms with E-state index in [0.717, 1.165) is 0 Å². The number of hydrogen-bond donors (Lipinski definition) is 1. The van der Waals surface area contributed by atoms with Crippen LogP contribution in [0.5, 0.6) is 11.5 Å². The van der Waals surface area contributed by atoms with Gasteiger partial charge >= 0.3 is 0 Å². The Kier molecular flexibility index (Phi) is 5.21. The number of benzene rings is 2. The van der Waals surface area contributed by atoms with Crippen LogP contribution in [0.3, 0.4) is 0 Å². The smallest absolute Gasteiger partial charge is 0.266 e. The second kappa shape index (κ2) is 7.74. The summed E-state index contributed by atoms with van der Waals surface area (Å²) in [6, 6.07) is 15.4. The van der Waals surface area contributed by atoms with Crippen molar-refractivity contribution >= 4 is 11.6 Å². The van der Waals surface area contributed by atoms with Gasteiger partial charge in [-0.05, 0) is 24.3 Å². The lowest BCUT2D eigenvalue weighted by molar-refractivity contribution is 0.102. The summed E-state index contributed by atoms with van der Waals surface area (Å²) in [7, 11) is 4.57. The number of carbonyl (C=O) groups is 1. The highest BCUT2D eigenvalue weighted by molar-refractivity contribution is 6.08. The molecule has 0 saturated carbocycles. The summed E-state index contributed by atoms with van der Waals surface area (Å²) in [6.45, 7) is 0. The first-order valence-corrected chi connectivity index (χ1v) is 8.21. The molecule has 0 aliphatic heterocycles. The summed E-state index contributed by atoms with van der Waals surface area (Å²) in [5.41, 5.74) is 1.98. The Morgan fingerprint density at radius 3 is 2.48 bits per heavy atom. The summed E-state index contributed by atoms with van der Waals surface area (Å²) < 4.78 is 11.8. The van der Waals surface area contributed by atoms with Crippen molar-refractivity contribution in [2.45, 2.75) is 0 Å². The van der Waals surface area contributed by atoms with Crippen LogP contribution in [0, 0.1) is 0 Å². The van der Waals surface area contributed by atoms with E-state index in [4.69, 9.17) is 9.47 Å². The molecule has 2 aromatic carbocycles. The number of anilines is 1. The van der Waals surface area contributed by atoms with E-state index in [0.29, 0.717) is 34.0 Å². The Hall–Kier alpha value is -3.61. The van der Waals surface area contributed by atoms with Gasteiger partial charge in [0, 0.05) is 18.7 Å². The van der Waals surface area contributed by atoms with Gasteiger partial charge in [-0.1, -0.05) is 24.3 Å². The predicted molar refractivity (Wildman–Crippen MR) is 102 cm³/mol. The monoisotopic (exact) mass is 365 g/mol. The minimum Gasteiger partial charge on any atom is -0.493 e. The largest absolute Gasteiger partial charge is 0.493 e. The third-order valence-electron chi connectivity index (χ3n) is 4.06. The van der Waals surface area contributed by atoms with Gasteiger partial charge in [-0.3, -0.25) is 9.59 Å². The number of ether oxygens (including phenoxy) is 2. The first-order valence-electron chi connectivity index (χ1n) is 8.21. The third-order valence-corrected chi connectivity index (χ3v) is 4.06. The van der Waals surface area contributed by atoms with Crippen LogP contribution in [0.1, 0.15) is 10.4 Å². The van der Waals surface area contributed by atoms with Gasteiger partial charge < -0.3 is 14.8 Å². The Morgan fingerprint density at radius 1 is 1.00 bits per heavy atom. The number of nitrogens with zero attached hydrogens (tertiary/aromatic N) is 2. The van der Waals surface area contributed by atoms with E-state index in [1.54, 1.807) is 37.4 Å². The van der Waals surface area contributed by atoms with Crippen molar-refractivity contribution in [2.24, 2.45) is 7.05 Å². The van der Waals surface area contributed by atoms with Gasteiger partial charge in [-0.15, -0.1) is 0 Å². The summed E-state index contributed by atoms with van der Waals surface area (Å²) in [6.07, 6.45) is 0. The van der Waals surface area contributed by atoms with E-state index in [1.807, 2.05) is 18.2 Å². The number of amides is 1. The fourth-order valence-corrected chi connectivity index (χ4v) is 2.72. The molecule has 0 radical (unpaired) electrons. The molecule has 27 heavy (non-hydrogen) atoms. The average Bonchev–Trinajstić information content (AvgIpc) is 2.69. The number of hydrogen-bond acceptors (Lipinski definition) is 5. The van der Waals surface area contributed by atoms with Crippen molar-refractivity contribution in [3.05, 3.63) is 70.5 Å². The Balaban J connectivity index is 1.99. The Morgan fingerprint density at radius 2 is 1.78 bits per heavy atom. The molecule has 0 fully saturated rings. The molecule has 1 heterocycles. The molecule has 3 aromatic rings. The number of aromatic nitrogens is 2. The number of methoxy groups -OCH3 is 2. The van der Waals surface area contributed by atoms with Gasteiger partial charge in [0.25, 0.3) is 11.5 Å². The second-order valence-corrected chi connectivity index (χ2v) is 5.72. The Bertz CT molecular complexity index is 1040. The summed E-state index contributed by atoms with van der Waals surface area (Å²) in [5, 5.41) is 7.14. The van der Waals surface area contributed by atoms with Crippen LogP contribution in [0.4, 0.5) is 5.69 Å². The maximum Gasteiger partial charge on any atom is 0.266 e. The maximum absolute atomic E-state index is 12.8. The summed E-state index contributed by atoms with van der Waals surface area (Å²) >= 11 is 0. The van der Waals surface area contributed by atoms with E-state index >= 15 is 0 Å². The highest BCUT2D eigenvalue weighted by Crippen LogP contribution is 2.32. The van der Waals surface area contributed by atoms with Crippen LogP contribution in [0.2, 0.25) is 0 Å². The lowest BCUT2D eigenvalue weighted by atomic mass is 10.1. The van der Waals surface area contributed by atoms with E-state index < -0.39 is 0 Å². The fourth-order valence-electron chi connectivity index (χ4n) is 2.72. The van der Waals surface area contributed by atoms with Crippen LogP contribution >= 0.6 is 0 Å². The first-order chi connectivity index (χ1) is 13.0. The van der Waals surface area contributed by atoms with Crippen LogP contribution in [-0.4, -0.2) is 29.9 Å². The van der Waals surface area contributed by atoms with Crippen molar-refractivity contribution in [2.75, 3.05) is 19.5 Å². The van der Waals surface area contributed by atoms with E-state index in [-0.39, 0.29) is 11.5 Å². The third kappa shape index (κ3) is 3.67. The van der Waals surface area contributed by atoms with Crippen molar-refractivity contribution in [3.63, 3.8) is 0 Å². The summed E-state index contributed by atoms with van der Waals surface area (Å²) in [4.78, 5) is 24.4. The van der Waals surface area contributed by atoms with Gasteiger partial charge in [-0.2, -0.15) is 5.10 Å². The van der Waals surface area contributed by atoms with E-state index in [2.05, 4.69) is 10.4 Å². The van der Waals surface area contributed by atoms with Crippen molar-refractivity contribution < 1.29 is 14.3 Å². The van der Waals surface area contributed by atoms with Crippen LogP contribution in [-0.2, 0) is 7.05 Å². The normalized spacial score (nSPS) is 10.3. The molecule has 1 N–H and O–H groups in total. The molecule has 1 aromatic heterocycles. The zero-order valence-electron chi connectivity index (χ0n) is 15.2. The number of rotatable bonds is 5. The van der Waals surface area contributed by atoms with Crippen LogP contribution < -0.4 is 20.3 Å². The van der Waals surface area contributed by atoms with Gasteiger partial charge in [0.1, 0.15) is 0 Å². The molecular weight excluding hydrogens is 346 g/mol. The topological polar surface area (TPSA) is 82.5 Å². The number of nitrogens with one attached hydrogen (secondary N) is 1. The highest BCUT2D eigenvalue weighted by Gasteiger charge is 2.18. The highest BCUT2D eigenvalue weighted by atomic mass is 16.5. The fraction of sp³-hybridized carbons (Fsp3) is 0.150. The van der Waals surface area contributed by atoms with Gasteiger partial charge in [0.15, 0.2) is 11.5 Å². The van der Waals surface area contributed by atoms with Crippen LogP contribution in [0.15, 0.2) is 59.4 Å². The van der Waals surface area contributed by atoms with E-state index in [1.165, 1.54) is 25.0 Å². The molecule has 0 aliphatic rings. The molecule has 0 bridgehead atoms. The molecule has 7 heteroatoms. The van der Waals surface area contributed by atoms with Crippen LogP contribution in [0.25, 0.3) is 11.3 Å². The lowest BCUT2D eigenvalue weighted by Crippen LogP contribution is -2.19. The predicted octanol–water partition coefficient (Wildman–Crippen LogP) is 2.72. The molecule has 0 aliphatic carbocycles. The molecule has 138 valence electrons. The molecule has 0 spiro atoms. The number of para-hydroxylation sites is 2. The maximum atomic E-state index is 12.8. The minimum atomic E-state index is -0.344. The van der Waals surface area contributed by atoms with Crippen molar-refractivity contribution in [1.82, 2.24) is 9.78 Å². The zero-order chi connectivity index (χ0) is 19.4. The van der Waals surface area contributed by atoms with E-state index in [9.17, 15) is 9.59 Å². The van der Waals surface area contributed by atoms with Crippen molar-refractivity contribution in [1.29, 1.82) is 0 Å². The molecule has 3 rings (SSSR count). The van der Waals surface area contributed by atoms with Gasteiger partial charge in [0.05, 0.1) is 31.2 Å². The molecule has 0 saturated heterocycles. The molecule has 7 nitrogen and oxygen atoms in total. The first kappa shape index (κ1) is 18.2. The summed E-state index contributed by atoms with van der Waals surface area (Å²) in [5.74, 6) is 0.483. The number of carbonyl (C=O) groups excluding carboxylic acids is 1. The standard InChI is InChI=1S/C20H19N3O4/c1-23-18(24)12-11-16(22-23)13-7-4-5-9-15(13)21-20(25)14-8-6-10-17(26-2)19(14)27-3/h4-12H,1-3H3,(H,21,25). The Labute approximate surface area is 156 Å². The van der Waals surface area contributed by atoms with Crippen molar-refractivity contribution in [3.8, 4) is 22.8 Å². The zero-order valence-corrected chi connectivity index (χ0v) is 15.2. The van der Waals surface area contributed by atoms with Gasteiger partial charge in [0.2, 0.25) is 0 Å². The molecule has 0 unspecified atom stereocenters. The van der Waals surface area contributed by atoms with Gasteiger partial charge in [-0.25, -0.2) is 4.68 Å².